The molecular weight excluding hydrogens is 377 g/mol. The Labute approximate surface area is 165 Å². The van der Waals surface area contributed by atoms with Crippen molar-refractivity contribution in [1.29, 1.82) is 0 Å². The average molecular weight is 404 g/mol. The number of methoxy groups -OCH3 is 1. The minimum atomic E-state index is -0.181. The maximum Gasteiger partial charge on any atom is 0.226 e. The van der Waals surface area contributed by atoms with E-state index in [1.165, 1.54) is 7.11 Å². The Morgan fingerprint density at radius 1 is 1.38 bits per heavy atom. The molecule has 1 aliphatic rings. The summed E-state index contributed by atoms with van der Waals surface area (Å²) >= 11 is 6.06. The van der Waals surface area contributed by atoms with Crippen LogP contribution in [0.2, 0.25) is 5.02 Å². The highest BCUT2D eigenvalue weighted by Gasteiger charge is 2.24. The van der Waals surface area contributed by atoms with Gasteiger partial charge in [0.25, 0.3) is 0 Å². The van der Waals surface area contributed by atoms with Crippen LogP contribution in [0.25, 0.3) is 0 Å². The lowest BCUT2D eigenvalue weighted by molar-refractivity contribution is -0.126. The third-order valence-corrected chi connectivity index (χ3v) is 4.81. The summed E-state index contributed by atoms with van der Waals surface area (Å²) in [5, 5.41) is 9.57. The smallest absolute Gasteiger partial charge is 0.226 e. The fraction of sp³-hybridized carbons (Fsp3) is 0.556. The number of piperidine rings is 1. The average Bonchev–Trinajstić information content (AvgIpc) is 2.57. The molecule has 8 heteroatoms. The first-order valence-electron chi connectivity index (χ1n) is 8.55. The number of rotatable bonds is 6. The molecule has 2 amide bonds. The normalized spacial score (nSPS) is 19.2. The zero-order valence-corrected chi connectivity index (χ0v) is 16.9. The summed E-state index contributed by atoms with van der Waals surface area (Å²) in [6.45, 7) is 5.11. The molecule has 1 aliphatic heterocycles. The van der Waals surface area contributed by atoms with Gasteiger partial charge >= 0.3 is 0 Å². The molecule has 1 aromatic carbocycles. The zero-order chi connectivity index (χ0) is 18.4. The van der Waals surface area contributed by atoms with Gasteiger partial charge in [-0.2, -0.15) is 0 Å². The van der Waals surface area contributed by atoms with Crippen molar-refractivity contribution >= 4 is 41.5 Å². The number of carbonyl (C=O) groups excluding carboxylic acids is 2. The summed E-state index contributed by atoms with van der Waals surface area (Å²) < 4.78 is 5.24. The number of ether oxygens (including phenoxy) is 1. The Morgan fingerprint density at radius 2 is 2.12 bits per heavy atom. The van der Waals surface area contributed by atoms with Crippen LogP contribution in [-0.2, 0) is 9.59 Å². The molecule has 6 nitrogen and oxygen atoms in total. The number of halogens is 2. The van der Waals surface area contributed by atoms with E-state index in [-0.39, 0.29) is 36.6 Å². The minimum Gasteiger partial charge on any atom is -0.495 e. The number of amides is 2. The van der Waals surface area contributed by atoms with E-state index in [0.29, 0.717) is 29.0 Å². The van der Waals surface area contributed by atoms with Crippen molar-refractivity contribution in [2.24, 2.45) is 5.92 Å². The second-order valence-electron chi connectivity index (χ2n) is 6.47. The number of nitrogens with one attached hydrogen (secondary N) is 3. The van der Waals surface area contributed by atoms with Gasteiger partial charge in [0.2, 0.25) is 11.8 Å². The van der Waals surface area contributed by atoms with Gasteiger partial charge in [-0.3, -0.25) is 9.59 Å². The maximum absolute atomic E-state index is 12.2. The van der Waals surface area contributed by atoms with Crippen molar-refractivity contribution in [3.63, 3.8) is 0 Å². The summed E-state index contributed by atoms with van der Waals surface area (Å²) in [4.78, 5) is 24.3. The van der Waals surface area contributed by atoms with Gasteiger partial charge in [0.15, 0.2) is 0 Å². The van der Waals surface area contributed by atoms with E-state index in [9.17, 15) is 9.59 Å². The second kappa shape index (κ2) is 10.6. The largest absolute Gasteiger partial charge is 0.495 e. The van der Waals surface area contributed by atoms with E-state index in [2.05, 4.69) is 22.9 Å². The summed E-state index contributed by atoms with van der Waals surface area (Å²) in [5.74, 6) is 0.384. The molecule has 2 rings (SSSR count). The van der Waals surface area contributed by atoms with Gasteiger partial charge in [0.1, 0.15) is 5.75 Å². The Balaban J connectivity index is 0.00000338. The van der Waals surface area contributed by atoms with Gasteiger partial charge in [0, 0.05) is 36.0 Å². The molecular formula is C18H27Cl2N3O3. The van der Waals surface area contributed by atoms with Crippen molar-refractivity contribution in [2.45, 2.75) is 39.2 Å². The molecule has 1 saturated heterocycles. The highest BCUT2D eigenvalue weighted by molar-refractivity contribution is 6.31. The molecule has 3 N–H and O–H groups in total. The van der Waals surface area contributed by atoms with E-state index in [1.807, 2.05) is 6.92 Å². The number of anilines is 1. The van der Waals surface area contributed by atoms with Crippen LogP contribution in [0.1, 0.15) is 31.7 Å². The first-order valence-corrected chi connectivity index (χ1v) is 8.93. The number of carbonyl (C=O) groups is 2. The molecule has 2 atom stereocenters. The molecule has 1 fully saturated rings. The van der Waals surface area contributed by atoms with Crippen LogP contribution in [0.5, 0.6) is 5.75 Å². The van der Waals surface area contributed by atoms with Crippen molar-refractivity contribution in [3.8, 4) is 5.75 Å². The van der Waals surface area contributed by atoms with E-state index >= 15 is 0 Å². The van der Waals surface area contributed by atoms with E-state index < -0.39 is 0 Å². The third kappa shape index (κ3) is 6.34. The quantitative estimate of drug-likeness (QED) is 0.681. The maximum atomic E-state index is 12.2. The van der Waals surface area contributed by atoms with Crippen LogP contribution in [0, 0.1) is 12.8 Å². The predicted molar refractivity (Wildman–Crippen MR) is 106 cm³/mol. The summed E-state index contributed by atoms with van der Waals surface area (Å²) in [7, 11) is 1.52. The van der Waals surface area contributed by atoms with Gasteiger partial charge in [0.05, 0.1) is 12.8 Å². The monoisotopic (exact) mass is 403 g/mol. The summed E-state index contributed by atoms with van der Waals surface area (Å²) in [6.07, 6.45) is 1.87. The van der Waals surface area contributed by atoms with Crippen molar-refractivity contribution in [3.05, 3.63) is 22.7 Å². The molecule has 146 valence electrons. The standard InChI is InChI=1S/C18H26ClN3O3.ClH/c1-11-8-15(16(25-3)10-14(11)19)22-17(23)5-7-21-18(24)13-4-6-20-12(2)9-13;/h8,10,12-13,20H,4-7,9H2,1-3H3,(H,21,24)(H,22,23);1H/t12-,13-;/m0./s1. The van der Waals surface area contributed by atoms with Gasteiger partial charge < -0.3 is 20.7 Å². The molecule has 0 spiro atoms. The van der Waals surface area contributed by atoms with E-state index in [0.717, 1.165) is 24.9 Å². The second-order valence-corrected chi connectivity index (χ2v) is 6.87. The number of aryl methyl sites for hydroxylation is 1. The van der Waals surface area contributed by atoms with Crippen molar-refractivity contribution in [1.82, 2.24) is 10.6 Å². The van der Waals surface area contributed by atoms with Crippen LogP contribution < -0.4 is 20.7 Å². The molecule has 1 heterocycles. The Hall–Kier alpha value is -1.50. The van der Waals surface area contributed by atoms with Gasteiger partial charge in [-0.25, -0.2) is 0 Å². The Bertz CT molecular complexity index is 640. The van der Waals surface area contributed by atoms with Crippen LogP contribution in [0.15, 0.2) is 12.1 Å². The van der Waals surface area contributed by atoms with Crippen LogP contribution in [-0.4, -0.2) is 38.1 Å². The molecule has 0 saturated carbocycles. The Morgan fingerprint density at radius 3 is 2.77 bits per heavy atom. The molecule has 0 aliphatic carbocycles. The van der Waals surface area contributed by atoms with Crippen molar-refractivity contribution < 1.29 is 14.3 Å². The van der Waals surface area contributed by atoms with E-state index in [1.54, 1.807) is 12.1 Å². The lowest BCUT2D eigenvalue weighted by Crippen LogP contribution is -2.42. The molecule has 26 heavy (non-hydrogen) atoms. The van der Waals surface area contributed by atoms with Gasteiger partial charge in [-0.1, -0.05) is 11.6 Å². The fourth-order valence-electron chi connectivity index (χ4n) is 2.96. The highest BCUT2D eigenvalue weighted by atomic mass is 35.5. The fourth-order valence-corrected chi connectivity index (χ4v) is 3.11. The number of benzene rings is 1. The first kappa shape index (κ1) is 22.5. The van der Waals surface area contributed by atoms with Crippen LogP contribution in [0.4, 0.5) is 5.69 Å². The lowest BCUT2D eigenvalue weighted by Gasteiger charge is -2.27. The topological polar surface area (TPSA) is 79.5 Å². The van der Waals surface area contributed by atoms with Gasteiger partial charge in [-0.15, -0.1) is 12.4 Å². The zero-order valence-electron chi connectivity index (χ0n) is 15.4. The summed E-state index contributed by atoms with van der Waals surface area (Å²) in [6, 6.07) is 3.80. The Kier molecular flexibility index (Phi) is 9.19. The summed E-state index contributed by atoms with van der Waals surface area (Å²) in [5.41, 5.74) is 1.43. The molecule has 0 aromatic heterocycles. The number of hydrogen-bond donors (Lipinski definition) is 3. The minimum absolute atomic E-state index is 0. The molecule has 0 radical (unpaired) electrons. The molecule has 0 bridgehead atoms. The SMILES string of the molecule is COc1cc(Cl)c(C)cc1NC(=O)CCNC(=O)[C@H]1CCN[C@@H](C)C1.Cl. The van der Waals surface area contributed by atoms with Crippen LogP contribution in [0.3, 0.4) is 0 Å². The third-order valence-electron chi connectivity index (χ3n) is 4.40. The lowest BCUT2D eigenvalue weighted by atomic mass is 9.92. The van der Waals surface area contributed by atoms with Crippen molar-refractivity contribution in [2.75, 3.05) is 25.5 Å². The number of hydrogen-bond acceptors (Lipinski definition) is 4. The highest BCUT2D eigenvalue weighted by Crippen LogP contribution is 2.30. The van der Waals surface area contributed by atoms with Crippen LogP contribution >= 0.6 is 24.0 Å². The molecule has 0 unspecified atom stereocenters. The predicted octanol–water partition coefficient (Wildman–Crippen LogP) is 2.91. The van der Waals surface area contributed by atoms with E-state index in [4.69, 9.17) is 16.3 Å². The van der Waals surface area contributed by atoms with Gasteiger partial charge in [-0.05, 0) is 44.9 Å². The first-order chi connectivity index (χ1) is 11.9. The molecule has 1 aromatic rings.